The largest absolute Gasteiger partial charge is 0.481 e. The molecular formula is C56H86O16. The van der Waals surface area contributed by atoms with Crippen LogP contribution >= 0.6 is 0 Å². The number of hydrogen-bond donors (Lipinski definition) is 7. The van der Waals surface area contributed by atoms with Gasteiger partial charge in [0.1, 0.15) is 34.7 Å². The van der Waals surface area contributed by atoms with E-state index in [0.29, 0.717) is 87.0 Å². The van der Waals surface area contributed by atoms with Gasteiger partial charge in [-0.1, -0.05) is 61.3 Å². The second-order valence-corrected chi connectivity index (χ2v) is 24.6. The molecule has 0 aromatic heterocycles. The highest BCUT2D eigenvalue weighted by molar-refractivity contribution is 5.94. The summed E-state index contributed by atoms with van der Waals surface area (Å²) in [4.78, 5) is 108. The summed E-state index contributed by atoms with van der Waals surface area (Å²) in [6.07, 6.45) is 7.27. The SMILES string of the molecule is CC(CCC(=O)O)C1CCC2C3C(=O)CC4CC(=O)CC[C@]4(C)C3CC(=O)[C@]12C.CC(O)C(C)O.CCCC(C)C1CCC2C3C(=O)CC4CC(=O)CC[C@]4(C)C3CC(=O)[C@]12C.O=C(O)C(O)C(O)C(=O)O. The van der Waals surface area contributed by atoms with Crippen LogP contribution in [0.1, 0.15) is 178 Å². The molecule has 0 spiro atoms. The van der Waals surface area contributed by atoms with Crippen molar-refractivity contribution in [3.8, 4) is 0 Å². The highest BCUT2D eigenvalue weighted by Gasteiger charge is 2.68. The zero-order valence-corrected chi connectivity index (χ0v) is 44.3. The average Bonchev–Trinajstić information content (AvgIpc) is 3.86. The molecular weight excluding hydrogens is 929 g/mol. The molecule has 16 unspecified atom stereocenters. The van der Waals surface area contributed by atoms with Crippen molar-refractivity contribution in [3.63, 3.8) is 0 Å². The van der Waals surface area contributed by atoms with Crippen molar-refractivity contribution in [1.82, 2.24) is 0 Å². The Morgan fingerprint density at radius 3 is 1.21 bits per heavy atom. The van der Waals surface area contributed by atoms with Gasteiger partial charge in [-0.15, -0.1) is 0 Å². The molecule has 0 amide bonds. The third kappa shape index (κ3) is 11.3. The fourth-order valence-corrected chi connectivity index (χ4v) is 16.3. The molecule has 20 atom stereocenters. The summed E-state index contributed by atoms with van der Waals surface area (Å²) in [5.41, 5.74) is -0.908. The second kappa shape index (κ2) is 23.0. The maximum Gasteiger partial charge on any atom is 0.335 e. The van der Waals surface area contributed by atoms with Gasteiger partial charge in [-0.25, -0.2) is 9.59 Å². The van der Waals surface area contributed by atoms with Crippen molar-refractivity contribution in [1.29, 1.82) is 0 Å². The average molecular weight is 1020 g/mol. The molecule has 0 aromatic rings. The Labute approximate surface area is 425 Å². The molecule has 8 saturated carbocycles. The fourth-order valence-electron chi connectivity index (χ4n) is 16.3. The van der Waals surface area contributed by atoms with E-state index in [9.17, 15) is 43.2 Å². The minimum atomic E-state index is -2.27. The van der Waals surface area contributed by atoms with Gasteiger partial charge in [-0.3, -0.25) is 33.6 Å². The summed E-state index contributed by atoms with van der Waals surface area (Å²) in [5, 5.41) is 58.3. The second-order valence-electron chi connectivity index (χ2n) is 24.6. The van der Waals surface area contributed by atoms with Gasteiger partial charge in [0.2, 0.25) is 0 Å². The highest BCUT2D eigenvalue weighted by Crippen LogP contribution is 2.68. The van der Waals surface area contributed by atoms with Crippen molar-refractivity contribution < 1.29 is 78.9 Å². The predicted octanol–water partition coefficient (Wildman–Crippen LogP) is 6.71. The number of Topliss-reactive ketones (excluding diaryl/α,β-unsaturated/α-hetero) is 6. The first-order chi connectivity index (χ1) is 33.4. The quantitative estimate of drug-likeness (QED) is 0.113. The van der Waals surface area contributed by atoms with Crippen LogP contribution in [0.15, 0.2) is 0 Å². The van der Waals surface area contributed by atoms with Gasteiger partial charge in [0.25, 0.3) is 0 Å². The maximum atomic E-state index is 13.6. The standard InChI is InChI=1S/C24H34O5.C24H36O3.C4H6O6.C4H10O2/c1-13(4-7-21(28)29)16-5-6-17-22-18(12-20(27)24(16,17)3)23(2)9-8-15(25)10-14(23)11-19(22)26;1-5-6-14(2)17-7-8-18-22-19(13-21(27)24(17,18)4)23(3)10-9-16(25)11-15(23)12-20(22)26;5-1(3(7)8)2(6)4(9)10;1-3(5)4(2)6/h13-14,16-18,22H,4-12H2,1-3H3,(H,28,29);14-15,17-19,22H,5-13H2,1-4H3;1-2,5-6H,(H,7,8)(H,9,10);3-6H,1-2H3/t13?,14?,16?,17?,18?,22?,23-,24+;14?,15?,17?,18?,19?,22?,23-,24+;;/m00../s1. The van der Waals surface area contributed by atoms with E-state index >= 15 is 0 Å². The number of carbonyl (C=O) groups excluding carboxylic acids is 6. The Kier molecular flexibility index (Phi) is 18.9. The molecule has 0 aliphatic heterocycles. The van der Waals surface area contributed by atoms with Crippen LogP contribution < -0.4 is 0 Å². The molecule has 8 aliphatic carbocycles. The van der Waals surface area contributed by atoms with Crippen LogP contribution in [0.4, 0.5) is 0 Å². The Hall–Kier alpha value is -3.73. The minimum Gasteiger partial charge on any atom is -0.481 e. The third-order valence-corrected chi connectivity index (χ3v) is 20.9. The molecule has 8 aliphatic rings. The van der Waals surface area contributed by atoms with Crippen LogP contribution in [0.3, 0.4) is 0 Å². The first-order valence-corrected chi connectivity index (χ1v) is 27.0. The summed E-state index contributed by atoms with van der Waals surface area (Å²) in [7, 11) is 0. The van der Waals surface area contributed by atoms with Crippen molar-refractivity contribution >= 4 is 52.6 Å². The molecule has 0 saturated heterocycles. The summed E-state index contributed by atoms with van der Waals surface area (Å²) >= 11 is 0. The number of aliphatic hydroxyl groups excluding tert-OH is 4. The van der Waals surface area contributed by atoms with E-state index in [4.69, 9.17) is 35.7 Å². The van der Waals surface area contributed by atoms with Crippen molar-refractivity contribution in [3.05, 3.63) is 0 Å². The molecule has 8 fully saturated rings. The summed E-state index contributed by atoms with van der Waals surface area (Å²) in [5.74, 6) is -0.302. The molecule has 0 heterocycles. The zero-order chi connectivity index (χ0) is 54.2. The van der Waals surface area contributed by atoms with E-state index in [2.05, 4.69) is 48.5 Å². The summed E-state index contributed by atoms with van der Waals surface area (Å²) in [6.45, 7) is 18.5. The van der Waals surface area contributed by atoms with Gasteiger partial charge in [0.15, 0.2) is 12.2 Å². The minimum absolute atomic E-state index is 0.00338. The lowest BCUT2D eigenvalue weighted by Crippen LogP contribution is -2.60. The topological polar surface area (TPSA) is 295 Å². The number of carboxylic acid groups (broad SMARTS) is 3. The predicted molar refractivity (Wildman–Crippen MR) is 263 cm³/mol. The van der Waals surface area contributed by atoms with Crippen LogP contribution in [0.2, 0.25) is 0 Å². The van der Waals surface area contributed by atoms with Crippen LogP contribution in [0.5, 0.6) is 0 Å². The lowest BCUT2D eigenvalue weighted by Gasteiger charge is -2.58. The van der Waals surface area contributed by atoms with E-state index in [-0.39, 0.29) is 99.2 Å². The Morgan fingerprint density at radius 2 is 0.889 bits per heavy atom. The molecule has 7 N–H and O–H groups in total. The number of carbonyl (C=O) groups is 9. The number of carboxylic acids is 3. The third-order valence-electron chi connectivity index (χ3n) is 20.9. The van der Waals surface area contributed by atoms with E-state index < -0.39 is 47.7 Å². The van der Waals surface area contributed by atoms with Gasteiger partial charge in [0.05, 0.1) is 12.2 Å². The number of aliphatic hydroxyl groups is 4. The van der Waals surface area contributed by atoms with Crippen LogP contribution in [-0.4, -0.2) is 113 Å². The van der Waals surface area contributed by atoms with Crippen molar-refractivity contribution in [2.24, 2.45) is 92.7 Å². The van der Waals surface area contributed by atoms with Crippen molar-refractivity contribution in [2.75, 3.05) is 0 Å². The number of ketones is 6. The van der Waals surface area contributed by atoms with Crippen LogP contribution in [-0.2, 0) is 43.2 Å². The Bertz CT molecular complexity index is 2060. The Morgan fingerprint density at radius 1 is 0.528 bits per heavy atom. The Balaban J connectivity index is 0.000000207. The summed E-state index contributed by atoms with van der Waals surface area (Å²) < 4.78 is 0. The zero-order valence-electron chi connectivity index (χ0n) is 44.3. The molecule has 16 heteroatoms. The molecule has 0 aromatic carbocycles. The van der Waals surface area contributed by atoms with Gasteiger partial charge < -0.3 is 35.7 Å². The van der Waals surface area contributed by atoms with Crippen LogP contribution in [0, 0.1) is 92.7 Å². The lowest BCUT2D eigenvalue weighted by molar-refractivity contribution is -0.168. The first-order valence-electron chi connectivity index (χ1n) is 27.0. The van der Waals surface area contributed by atoms with E-state index in [1.165, 1.54) is 6.42 Å². The molecule has 72 heavy (non-hydrogen) atoms. The number of aliphatic carboxylic acids is 3. The number of fused-ring (bicyclic) bond motifs is 10. The summed E-state index contributed by atoms with van der Waals surface area (Å²) in [6, 6.07) is 0. The van der Waals surface area contributed by atoms with Gasteiger partial charge in [-0.2, -0.15) is 0 Å². The van der Waals surface area contributed by atoms with Gasteiger partial charge in [0, 0.05) is 80.5 Å². The fraction of sp³-hybridized carbons (Fsp3) is 0.839. The van der Waals surface area contributed by atoms with Gasteiger partial charge in [-0.05, 0) is 129 Å². The van der Waals surface area contributed by atoms with E-state index in [1.54, 1.807) is 13.8 Å². The van der Waals surface area contributed by atoms with Crippen molar-refractivity contribution in [2.45, 2.75) is 202 Å². The molecule has 16 nitrogen and oxygen atoms in total. The monoisotopic (exact) mass is 1010 g/mol. The number of hydrogen-bond acceptors (Lipinski definition) is 13. The number of rotatable bonds is 11. The maximum absolute atomic E-state index is 13.6. The smallest absolute Gasteiger partial charge is 0.335 e. The molecule has 8 rings (SSSR count). The van der Waals surface area contributed by atoms with Gasteiger partial charge >= 0.3 is 17.9 Å². The van der Waals surface area contributed by atoms with Crippen LogP contribution in [0.25, 0.3) is 0 Å². The molecule has 0 radical (unpaired) electrons. The highest BCUT2D eigenvalue weighted by atomic mass is 16.4. The molecule has 406 valence electrons. The van der Waals surface area contributed by atoms with E-state index in [0.717, 1.165) is 44.9 Å². The first kappa shape index (κ1) is 59.2. The normalized spacial score (nSPS) is 40.1. The lowest BCUT2D eigenvalue weighted by atomic mass is 9.44. The van der Waals surface area contributed by atoms with E-state index in [1.807, 2.05) is 0 Å². The molecule has 0 bridgehead atoms.